The van der Waals surface area contributed by atoms with E-state index in [0.717, 1.165) is 45.4 Å². The zero-order chi connectivity index (χ0) is 19.8. The van der Waals surface area contributed by atoms with E-state index in [0.29, 0.717) is 6.42 Å². The number of hydrogen-bond acceptors (Lipinski definition) is 3. The lowest BCUT2D eigenvalue weighted by Gasteiger charge is -2.12. The van der Waals surface area contributed by atoms with Crippen molar-refractivity contribution in [2.45, 2.75) is 13.3 Å². The van der Waals surface area contributed by atoms with Crippen molar-refractivity contribution in [2.75, 3.05) is 7.11 Å². The predicted octanol–water partition coefficient (Wildman–Crippen LogP) is 5.07. The van der Waals surface area contributed by atoms with E-state index in [1.54, 1.807) is 7.11 Å². The fraction of sp³-hybridized carbons (Fsp3) is 0.120. The first kappa shape index (κ1) is 17.4. The van der Waals surface area contributed by atoms with Gasteiger partial charge in [-0.1, -0.05) is 66.7 Å². The summed E-state index contributed by atoms with van der Waals surface area (Å²) in [6.45, 7) is 2.05. The largest absolute Gasteiger partial charge is 0.497 e. The molecule has 1 aliphatic heterocycles. The molecule has 1 aliphatic rings. The number of methoxy groups -OCH3 is 1. The average molecular weight is 379 g/mol. The zero-order valence-corrected chi connectivity index (χ0v) is 16.5. The molecule has 2 heterocycles. The molecule has 4 aromatic rings. The summed E-state index contributed by atoms with van der Waals surface area (Å²) in [4.78, 5) is 4.88. The van der Waals surface area contributed by atoms with Crippen molar-refractivity contribution < 1.29 is 4.74 Å². The Morgan fingerprint density at radius 2 is 1.55 bits per heavy atom. The van der Waals surface area contributed by atoms with Gasteiger partial charge >= 0.3 is 0 Å². The number of aryl methyl sites for hydroxylation is 1. The van der Waals surface area contributed by atoms with Crippen molar-refractivity contribution in [3.63, 3.8) is 0 Å². The van der Waals surface area contributed by atoms with Crippen LogP contribution in [0.25, 0.3) is 11.3 Å². The van der Waals surface area contributed by atoms with Crippen LogP contribution in [0.1, 0.15) is 28.2 Å². The molecule has 4 nitrogen and oxygen atoms in total. The standard InChI is InChI=1S/C25H21N3O/c1-17-25(19-11-7-4-8-12-19)28-23(26-17)15-20-13-14-21(29-2)16-22(20)24(27-28)18-9-5-3-6-10-18/h3-14,16H,15H2,1-2H3. The van der Waals surface area contributed by atoms with Crippen LogP contribution in [0.4, 0.5) is 0 Å². The summed E-state index contributed by atoms with van der Waals surface area (Å²) < 4.78 is 7.51. The van der Waals surface area contributed by atoms with Gasteiger partial charge in [-0.25, -0.2) is 9.66 Å². The zero-order valence-electron chi connectivity index (χ0n) is 16.5. The molecule has 5 rings (SSSR count). The highest BCUT2D eigenvalue weighted by Gasteiger charge is 2.23. The molecule has 0 radical (unpaired) electrons. The highest BCUT2D eigenvalue weighted by molar-refractivity contribution is 6.14. The highest BCUT2D eigenvalue weighted by atomic mass is 16.5. The number of imidazole rings is 1. The van der Waals surface area contributed by atoms with Crippen LogP contribution in [0.15, 0.2) is 84.0 Å². The number of rotatable bonds is 3. The van der Waals surface area contributed by atoms with Gasteiger partial charge in [0.05, 0.1) is 24.2 Å². The van der Waals surface area contributed by atoms with Crippen LogP contribution in [0.5, 0.6) is 5.75 Å². The highest BCUT2D eigenvalue weighted by Crippen LogP contribution is 2.31. The van der Waals surface area contributed by atoms with Crippen molar-refractivity contribution in [3.05, 3.63) is 107 Å². The Bertz CT molecular complexity index is 1210. The van der Waals surface area contributed by atoms with Crippen molar-refractivity contribution >= 4 is 5.71 Å². The van der Waals surface area contributed by atoms with Gasteiger partial charge in [0.2, 0.25) is 0 Å². The molecule has 3 aromatic carbocycles. The third-order valence-electron chi connectivity index (χ3n) is 5.31. The van der Waals surface area contributed by atoms with E-state index in [2.05, 4.69) is 43.3 Å². The first-order valence-corrected chi connectivity index (χ1v) is 9.70. The molecule has 0 bridgehead atoms. The smallest absolute Gasteiger partial charge is 0.135 e. The second-order valence-electron chi connectivity index (χ2n) is 7.15. The monoisotopic (exact) mass is 379 g/mol. The summed E-state index contributed by atoms with van der Waals surface area (Å²) >= 11 is 0. The molecule has 1 aromatic heterocycles. The summed E-state index contributed by atoms with van der Waals surface area (Å²) in [5, 5.41) is 5.14. The third kappa shape index (κ3) is 3.03. The molecule has 0 saturated heterocycles. The van der Waals surface area contributed by atoms with Crippen molar-refractivity contribution in [2.24, 2.45) is 5.10 Å². The molecular formula is C25H21N3O. The molecule has 0 atom stereocenters. The molecule has 4 heteroatoms. The van der Waals surface area contributed by atoms with Gasteiger partial charge in [0.15, 0.2) is 0 Å². The maximum atomic E-state index is 5.50. The van der Waals surface area contributed by atoms with Gasteiger partial charge in [-0.05, 0) is 24.6 Å². The summed E-state index contributed by atoms with van der Waals surface area (Å²) in [6.07, 6.45) is 0.715. The minimum absolute atomic E-state index is 0.715. The van der Waals surface area contributed by atoms with Gasteiger partial charge < -0.3 is 4.74 Å². The van der Waals surface area contributed by atoms with E-state index in [9.17, 15) is 0 Å². The Balaban J connectivity index is 1.80. The summed E-state index contributed by atoms with van der Waals surface area (Å²) in [5.41, 5.74) is 7.40. The number of benzene rings is 3. The second-order valence-corrected chi connectivity index (χ2v) is 7.15. The van der Waals surface area contributed by atoms with Crippen LogP contribution < -0.4 is 4.74 Å². The van der Waals surface area contributed by atoms with Gasteiger partial charge in [0.1, 0.15) is 11.6 Å². The number of aromatic nitrogens is 2. The molecule has 0 saturated carbocycles. The molecule has 0 aliphatic carbocycles. The number of nitrogens with zero attached hydrogens (tertiary/aromatic N) is 3. The third-order valence-corrected chi connectivity index (χ3v) is 5.31. The lowest BCUT2D eigenvalue weighted by molar-refractivity contribution is 0.414. The van der Waals surface area contributed by atoms with Crippen LogP contribution in [-0.2, 0) is 6.42 Å². The molecule has 0 N–H and O–H groups in total. The number of ether oxygens (including phenoxy) is 1. The van der Waals surface area contributed by atoms with Crippen LogP contribution >= 0.6 is 0 Å². The Kier molecular flexibility index (Phi) is 4.24. The molecule has 0 fully saturated rings. The Hall–Kier alpha value is -3.66. The average Bonchev–Trinajstić information content (AvgIpc) is 2.98. The van der Waals surface area contributed by atoms with E-state index in [-0.39, 0.29) is 0 Å². The topological polar surface area (TPSA) is 39.4 Å². The van der Waals surface area contributed by atoms with Crippen LogP contribution in [0.3, 0.4) is 0 Å². The van der Waals surface area contributed by atoms with E-state index in [4.69, 9.17) is 14.8 Å². The first-order chi connectivity index (χ1) is 14.2. The molecule has 0 unspecified atom stereocenters. The lowest BCUT2D eigenvalue weighted by Crippen LogP contribution is -2.07. The van der Waals surface area contributed by atoms with Gasteiger partial charge in [0.25, 0.3) is 0 Å². The maximum absolute atomic E-state index is 5.50. The Labute approximate surface area is 170 Å². The normalized spacial score (nSPS) is 12.6. The predicted molar refractivity (Wildman–Crippen MR) is 116 cm³/mol. The fourth-order valence-electron chi connectivity index (χ4n) is 3.92. The van der Waals surface area contributed by atoms with Crippen molar-refractivity contribution in [1.82, 2.24) is 9.66 Å². The molecule has 29 heavy (non-hydrogen) atoms. The first-order valence-electron chi connectivity index (χ1n) is 9.70. The SMILES string of the molecule is COc1ccc2c(c1)C(c1ccccc1)=Nn1c(nc(C)c1-c1ccccc1)C2. The van der Waals surface area contributed by atoms with E-state index in [1.807, 2.05) is 47.1 Å². The van der Waals surface area contributed by atoms with E-state index < -0.39 is 0 Å². The van der Waals surface area contributed by atoms with Gasteiger partial charge in [-0.15, -0.1) is 0 Å². The Morgan fingerprint density at radius 1 is 0.862 bits per heavy atom. The fourth-order valence-corrected chi connectivity index (χ4v) is 3.92. The van der Waals surface area contributed by atoms with Crippen LogP contribution in [-0.4, -0.2) is 22.5 Å². The lowest BCUT2D eigenvalue weighted by atomic mass is 9.96. The van der Waals surface area contributed by atoms with Crippen molar-refractivity contribution in [3.8, 4) is 17.0 Å². The van der Waals surface area contributed by atoms with E-state index in [1.165, 1.54) is 5.56 Å². The molecule has 0 spiro atoms. The molecular weight excluding hydrogens is 358 g/mol. The van der Waals surface area contributed by atoms with Crippen LogP contribution in [0.2, 0.25) is 0 Å². The summed E-state index contributed by atoms with van der Waals surface area (Å²) in [5.74, 6) is 1.77. The number of fused-ring (bicyclic) bond motifs is 2. The Morgan fingerprint density at radius 3 is 2.24 bits per heavy atom. The maximum Gasteiger partial charge on any atom is 0.135 e. The molecule has 142 valence electrons. The van der Waals surface area contributed by atoms with E-state index >= 15 is 0 Å². The minimum Gasteiger partial charge on any atom is -0.497 e. The van der Waals surface area contributed by atoms with Gasteiger partial charge in [-0.2, -0.15) is 5.10 Å². The second kappa shape index (κ2) is 7.06. The minimum atomic E-state index is 0.715. The van der Waals surface area contributed by atoms with Gasteiger partial charge in [0, 0.05) is 23.1 Å². The van der Waals surface area contributed by atoms with Crippen LogP contribution in [0, 0.1) is 6.92 Å². The summed E-state index contributed by atoms with van der Waals surface area (Å²) in [6, 6.07) is 26.8. The number of hydrogen-bond donors (Lipinski definition) is 0. The molecule has 0 amide bonds. The summed E-state index contributed by atoms with van der Waals surface area (Å²) in [7, 11) is 1.69. The quantitative estimate of drug-likeness (QED) is 0.439. The van der Waals surface area contributed by atoms with Crippen molar-refractivity contribution in [1.29, 1.82) is 0 Å². The van der Waals surface area contributed by atoms with Gasteiger partial charge in [-0.3, -0.25) is 0 Å².